The average molecular weight is 387 g/mol. The summed E-state index contributed by atoms with van der Waals surface area (Å²) in [5.74, 6) is 1.16. The first-order valence-corrected chi connectivity index (χ1v) is 9.89. The highest BCUT2D eigenvalue weighted by Crippen LogP contribution is 2.32. The van der Waals surface area contributed by atoms with E-state index in [2.05, 4.69) is 15.0 Å². The van der Waals surface area contributed by atoms with Crippen molar-refractivity contribution in [2.45, 2.75) is 11.1 Å². The molecule has 0 aliphatic carbocycles. The minimum Gasteiger partial charge on any atom is -0.356 e. The molecule has 0 bridgehead atoms. The molecule has 7 nitrogen and oxygen atoms in total. The van der Waals surface area contributed by atoms with Gasteiger partial charge in [-0.25, -0.2) is 8.42 Å². The highest BCUT2D eigenvalue weighted by Gasteiger charge is 2.19. The fraction of sp³-hybridized carbons (Fsp3) is 0.0588. The molecular formula is C17H13N3O4S2. The van der Waals surface area contributed by atoms with Gasteiger partial charge in [0.1, 0.15) is 4.21 Å². The predicted molar refractivity (Wildman–Crippen MR) is 97.3 cm³/mol. The summed E-state index contributed by atoms with van der Waals surface area (Å²) in [7, 11) is -3.69. The molecule has 1 aromatic carbocycles. The molecule has 0 fully saturated rings. The summed E-state index contributed by atoms with van der Waals surface area (Å²) in [6.45, 7) is 1.81. The van der Waals surface area contributed by atoms with Crippen LogP contribution in [0.4, 0.5) is 5.69 Å². The summed E-state index contributed by atoms with van der Waals surface area (Å²) in [5.41, 5.74) is 2.01. The third-order valence-corrected chi connectivity index (χ3v) is 6.55. The highest BCUT2D eigenvalue weighted by atomic mass is 32.2. The molecule has 132 valence electrons. The van der Waals surface area contributed by atoms with Gasteiger partial charge in [-0.15, -0.1) is 11.3 Å². The number of hydrogen-bond acceptors (Lipinski definition) is 7. The third kappa shape index (κ3) is 3.26. The van der Waals surface area contributed by atoms with Crippen LogP contribution in [0.15, 0.2) is 68.0 Å². The first kappa shape index (κ1) is 16.6. The Morgan fingerprint density at radius 2 is 1.81 bits per heavy atom. The Morgan fingerprint density at radius 3 is 2.46 bits per heavy atom. The van der Waals surface area contributed by atoms with Crippen molar-refractivity contribution in [3.05, 3.63) is 60.4 Å². The minimum absolute atomic E-state index is 0.195. The smallest absolute Gasteiger partial charge is 0.271 e. The number of aromatic nitrogens is 2. The van der Waals surface area contributed by atoms with Crippen LogP contribution in [-0.2, 0) is 10.0 Å². The van der Waals surface area contributed by atoms with E-state index in [0.29, 0.717) is 22.1 Å². The van der Waals surface area contributed by atoms with E-state index in [0.717, 1.165) is 22.6 Å². The van der Waals surface area contributed by atoms with Crippen LogP contribution in [-0.4, -0.2) is 18.7 Å². The van der Waals surface area contributed by atoms with Crippen LogP contribution in [0, 0.1) is 6.92 Å². The van der Waals surface area contributed by atoms with E-state index in [1.807, 2.05) is 6.92 Å². The van der Waals surface area contributed by atoms with E-state index >= 15 is 0 Å². The lowest BCUT2D eigenvalue weighted by Crippen LogP contribution is -2.11. The SMILES string of the molecule is Cc1cc(-c2ccc(S(=O)(=O)Nc3ccc(-c4ccno4)cc3)s2)on1. The van der Waals surface area contributed by atoms with E-state index in [-0.39, 0.29) is 4.21 Å². The van der Waals surface area contributed by atoms with Crippen LogP contribution in [0.2, 0.25) is 0 Å². The quantitative estimate of drug-likeness (QED) is 0.552. The van der Waals surface area contributed by atoms with Crippen molar-refractivity contribution in [1.82, 2.24) is 10.3 Å². The third-order valence-electron chi connectivity index (χ3n) is 3.58. The maximum Gasteiger partial charge on any atom is 0.271 e. The van der Waals surface area contributed by atoms with Gasteiger partial charge in [0.25, 0.3) is 10.0 Å². The summed E-state index contributed by atoms with van der Waals surface area (Å²) in [6.07, 6.45) is 1.55. The summed E-state index contributed by atoms with van der Waals surface area (Å²) < 4.78 is 38.2. The van der Waals surface area contributed by atoms with Crippen LogP contribution in [0.1, 0.15) is 5.69 Å². The first-order chi connectivity index (χ1) is 12.5. The van der Waals surface area contributed by atoms with Crippen LogP contribution in [0.3, 0.4) is 0 Å². The molecule has 3 heterocycles. The van der Waals surface area contributed by atoms with E-state index in [9.17, 15) is 8.42 Å². The molecule has 0 atom stereocenters. The summed E-state index contributed by atoms with van der Waals surface area (Å²) in [5, 5.41) is 7.47. The number of aryl methyl sites for hydroxylation is 1. The molecule has 9 heteroatoms. The van der Waals surface area contributed by atoms with Gasteiger partial charge in [-0.1, -0.05) is 10.3 Å². The number of rotatable bonds is 5. The molecular weight excluding hydrogens is 374 g/mol. The fourth-order valence-electron chi connectivity index (χ4n) is 2.35. The van der Waals surface area contributed by atoms with Crippen LogP contribution < -0.4 is 4.72 Å². The monoisotopic (exact) mass is 387 g/mol. The average Bonchev–Trinajstić information content (AvgIpc) is 3.36. The van der Waals surface area contributed by atoms with E-state index < -0.39 is 10.0 Å². The van der Waals surface area contributed by atoms with Gasteiger partial charge in [-0.3, -0.25) is 4.72 Å². The summed E-state index contributed by atoms with van der Waals surface area (Å²) >= 11 is 1.12. The lowest BCUT2D eigenvalue weighted by Gasteiger charge is -2.06. The zero-order valence-electron chi connectivity index (χ0n) is 13.5. The topological polar surface area (TPSA) is 98.2 Å². The maximum absolute atomic E-state index is 12.6. The molecule has 0 saturated carbocycles. The summed E-state index contributed by atoms with van der Waals surface area (Å²) in [4.78, 5) is 0.701. The van der Waals surface area contributed by atoms with Crippen LogP contribution in [0.25, 0.3) is 22.0 Å². The van der Waals surface area contributed by atoms with Gasteiger partial charge in [0.15, 0.2) is 11.5 Å². The van der Waals surface area contributed by atoms with Crippen LogP contribution >= 0.6 is 11.3 Å². The molecule has 0 spiro atoms. The van der Waals surface area contributed by atoms with Crippen molar-refractivity contribution in [2.24, 2.45) is 0 Å². The molecule has 0 aliphatic rings. The number of sulfonamides is 1. The lowest BCUT2D eigenvalue weighted by molar-refractivity contribution is 0.428. The van der Waals surface area contributed by atoms with Crippen molar-refractivity contribution < 1.29 is 17.5 Å². The van der Waals surface area contributed by atoms with Crippen molar-refractivity contribution in [3.8, 4) is 22.0 Å². The van der Waals surface area contributed by atoms with Gasteiger partial charge in [0, 0.05) is 23.4 Å². The Balaban J connectivity index is 1.55. The zero-order valence-corrected chi connectivity index (χ0v) is 15.2. The molecule has 4 rings (SSSR count). The van der Waals surface area contributed by atoms with Crippen molar-refractivity contribution in [2.75, 3.05) is 4.72 Å². The molecule has 1 N–H and O–H groups in total. The molecule has 3 aromatic heterocycles. The van der Waals surface area contributed by atoms with Gasteiger partial charge in [0.05, 0.1) is 16.8 Å². The van der Waals surface area contributed by atoms with Gasteiger partial charge < -0.3 is 9.05 Å². The number of nitrogens with zero attached hydrogens (tertiary/aromatic N) is 2. The molecule has 0 saturated heterocycles. The Kier molecular flexibility index (Phi) is 4.09. The van der Waals surface area contributed by atoms with Crippen molar-refractivity contribution >= 4 is 27.0 Å². The van der Waals surface area contributed by atoms with E-state index in [1.165, 1.54) is 0 Å². The molecule has 26 heavy (non-hydrogen) atoms. The van der Waals surface area contributed by atoms with Crippen molar-refractivity contribution in [3.63, 3.8) is 0 Å². The largest absolute Gasteiger partial charge is 0.356 e. The standard InChI is InChI=1S/C17H13N3O4S2/c1-11-10-15(24-19-11)16-6-7-17(25-16)26(21,22)20-13-4-2-12(3-5-13)14-8-9-18-23-14/h2-10,20H,1H3. The molecule has 0 radical (unpaired) electrons. The van der Waals surface area contributed by atoms with Gasteiger partial charge >= 0.3 is 0 Å². The second-order valence-corrected chi connectivity index (χ2v) is 8.50. The number of thiophene rings is 1. The van der Waals surface area contributed by atoms with E-state index in [4.69, 9.17) is 9.05 Å². The zero-order chi connectivity index (χ0) is 18.1. The minimum atomic E-state index is -3.69. The second kappa shape index (κ2) is 6.43. The lowest BCUT2D eigenvalue weighted by atomic mass is 10.1. The fourth-order valence-corrected chi connectivity index (χ4v) is 4.66. The van der Waals surface area contributed by atoms with Gasteiger partial charge in [0.2, 0.25) is 0 Å². The molecule has 0 unspecified atom stereocenters. The Bertz CT molecular complexity index is 1130. The first-order valence-electron chi connectivity index (χ1n) is 7.59. The Labute approximate surface area is 153 Å². The van der Waals surface area contributed by atoms with Gasteiger partial charge in [-0.2, -0.15) is 0 Å². The maximum atomic E-state index is 12.6. The second-order valence-electron chi connectivity index (χ2n) is 5.51. The number of nitrogens with one attached hydrogen (secondary N) is 1. The predicted octanol–water partition coefficient (Wildman–Crippen LogP) is 4.17. The Morgan fingerprint density at radius 1 is 1.00 bits per heavy atom. The number of anilines is 1. The van der Waals surface area contributed by atoms with Gasteiger partial charge in [-0.05, 0) is 43.3 Å². The summed E-state index contributed by atoms with van der Waals surface area (Å²) in [6, 6.07) is 13.6. The normalized spacial score (nSPS) is 11.6. The van der Waals surface area contributed by atoms with Crippen LogP contribution in [0.5, 0.6) is 0 Å². The highest BCUT2D eigenvalue weighted by molar-refractivity contribution is 7.94. The molecule has 0 amide bonds. The Hall–Kier alpha value is -2.91. The van der Waals surface area contributed by atoms with Crippen molar-refractivity contribution in [1.29, 1.82) is 0 Å². The number of hydrogen-bond donors (Lipinski definition) is 1. The van der Waals surface area contributed by atoms with E-state index in [1.54, 1.807) is 54.7 Å². The molecule has 4 aromatic rings. The molecule has 0 aliphatic heterocycles. The number of benzene rings is 1.